The van der Waals surface area contributed by atoms with E-state index in [9.17, 15) is 0 Å². The highest BCUT2D eigenvalue weighted by atomic mass is 35.5. The molecule has 26 heavy (non-hydrogen) atoms. The second kappa shape index (κ2) is 7.99. The molecule has 0 bridgehead atoms. The van der Waals surface area contributed by atoms with Gasteiger partial charge in [-0.25, -0.2) is 14.6 Å². The van der Waals surface area contributed by atoms with Crippen LogP contribution in [0.3, 0.4) is 0 Å². The first-order valence-corrected chi connectivity index (χ1v) is 9.18. The van der Waals surface area contributed by atoms with Gasteiger partial charge in [0.15, 0.2) is 5.65 Å². The van der Waals surface area contributed by atoms with Crippen molar-refractivity contribution >= 4 is 28.5 Å². The quantitative estimate of drug-likeness (QED) is 0.671. The van der Waals surface area contributed by atoms with Crippen molar-refractivity contribution < 1.29 is 4.74 Å². The molecule has 3 aromatic rings. The Morgan fingerprint density at radius 2 is 2.08 bits per heavy atom. The average Bonchev–Trinajstić information content (AvgIpc) is 3.11. The summed E-state index contributed by atoms with van der Waals surface area (Å²) in [6.07, 6.45) is 4.41. The first kappa shape index (κ1) is 17.2. The molecular formula is C18H21ClN6O. The van der Waals surface area contributed by atoms with Crippen LogP contribution in [0.4, 0.5) is 5.82 Å². The van der Waals surface area contributed by atoms with E-state index in [0.717, 1.165) is 68.4 Å². The molecule has 7 nitrogen and oxygen atoms in total. The Kier molecular flexibility index (Phi) is 5.29. The maximum absolute atomic E-state index is 6.09. The van der Waals surface area contributed by atoms with Crippen molar-refractivity contribution in [2.24, 2.45) is 0 Å². The fourth-order valence-corrected chi connectivity index (χ4v) is 3.30. The molecule has 0 saturated carbocycles. The predicted octanol–water partition coefficient (Wildman–Crippen LogP) is 2.60. The van der Waals surface area contributed by atoms with Crippen molar-refractivity contribution in [1.82, 2.24) is 24.6 Å². The molecular weight excluding hydrogens is 352 g/mol. The van der Waals surface area contributed by atoms with Gasteiger partial charge in [0.25, 0.3) is 0 Å². The lowest BCUT2D eigenvalue weighted by Crippen LogP contribution is -2.37. The van der Waals surface area contributed by atoms with Crippen LogP contribution >= 0.6 is 11.6 Å². The zero-order chi connectivity index (χ0) is 17.8. The number of hydrogen-bond donors (Lipinski definition) is 1. The lowest BCUT2D eigenvalue weighted by Gasteiger charge is -2.26. The van der Waals surface area contributed by atoms with E-state index in [1.165, 1.54) is 0 Å². The Labute approximate surface area is 156 Å². The molecule has 0 spiro atoms. The van der Waals surface area contributed by atoms with Gasteiger partial charge in [-0.15, -0.1) is 0 Å². The number of fused-ring (bicyclic) bond motifs is 1. The second-order valence-electron chi connectivity index (χ2n) is 6.23. The number of anilines is 1. The first-order valence-electron chi connectivity index (χ1n) is 8.80. The summed E-state index contributed by atoms with van der Waals surface area (Å²) in [6, 6.07) is 7.56. The highest BCUT2D eigenvalue weighted by molar-refractivity contribution is 6.30. The summed E-state index contributed by atoms with van der Waals surface area (Å²) in [4.78, 5) is 11.2. The number of rotatable bonds is 6. The summed E-state index contributed by atoms with van der Waals surface area (Å²) in [5, 5.41) is 9.45. The summed E-state index contributed by atoms with van der Waals surface area (Å²) >= 11 is 6.09. The van der Waals surface area contributed by atoms with Crippen molar-refractivity contribution in [2.75, 3.05) is 44.7 Å². The first-order chi connectivity index (χ1) is 12.8. The molecule has 0 aliphatic carbocycles. The minimum atomic E-state index is 0.668. The van der Waals surface area contributed by atoms with Gasteiger partial charge in [-0.2, -0.15) is 5.10 Å². The van der Waals surface area contributed by atoms with Gasteiger partial charge in [0.05, 0.1) is 30.5 Å². The zero-order valence-electron chi connectivity index (χ0n) is 14.4. The van der Waals surface area contributed by atoms with Crippen molar-refractivity contribution in [2.45, 2.75) is 6.42 Å². The van der Waals surface area contributed by atoms with Gasteiger partial charge in [0, 0.05) is 24.7 Å². The summed E-state index contributed by atoms with van der Waals surface area (Å²) in [5.41, 5.74) is 1.64. The molecule has 1 aliphatic heterocycles. The molecule has 1 aromatic carbocycles. The maximum atomic E-state index is 6.09. The Bertz CT molecular complexity index is 877. The summed E-state index contributed by atoms with van der Waals surface area (Å²) < 4.78 is 7.16. The molecule has 0 amide bonds. The Hall–Kier alpha value is -2.22. The molecule has 0 unspecified atom stereocenters. The van der Waals surface area contributed by atoms with Crippen molar-refractivity contribution in [3.63, 3.8) is 0 Å². The summed E-state index contributed by atoms with van der Waals surface area (Å²) in [6.45, 7) is 5.62. The van der Waals surface area contributed by atoms with Gasteiger partial charge >= 0.3 is 0 Å². The van der Waals surface area contributed by atoms with E-state index in [2.05, 4.69) is 25.3 Å². The minimum absolute atomic E-state index is 0.668. The smallest absolute Gasteiger partial charge is 0.168 e. The van der Waals surface area contributed by atoms with E-state index in [1.807, 2.05) is 24.3 Å². The number of ether oxygens (including phenoxy) is 1. The largest absolute Gasteiger partial charge is 0.379 e. The lowest BCUT2D eigenvalue weighted by atomic mass is 10.3. The zero-order valence-corrected chi connectivity index (χ0v) is 15.2. The lowest BCUT2D eigenvalue weighted by molar-refractivity contribution is 0.0378. The predicted molar refractivity (Wildman–Crippen MR) is 102 cm³/mol. The Balaban J connectivity index is 1.45. The number of halogens is 1. The van der Waals surface area contributed by atoms with Gasteiger partial charge in [-0.3, -0.25) is 4.90 Å². The fraction of sp³-hybridized carbons (Fsp3) is 0.389. The highest BCUT2D eigenvalue weighted by Gasteiger charge is 2.12. The van der Waals surface area contributed by atoms with Crippen LogP contribution in [0.2, 0.25) is 5.02 Å². The molecule has 1 saturated heterocycles. The van der Waals surface area contributed by atoms with E-state index >= 15 is 0 Å². The van der Waals surface area contributed by atoms with Crippen LogP contribution < -0.4 is 5.32 Å². The number of hydrogen-bond acceptors (Lipinski definition) is 6. The van der Waals surface area contributed by atoms with Gasteiger partial charge in [-0.1, -0.05) is 17.7 Å². The van der Waals surface area contributed by atoms with Gasteiger partial charge in [0.2, 0.25) is 0 Å². The standard InChI is InChI=1S/C18H21ClN6O/c19-14-3-1-4-15(11-14)25-18-16(12-23-25)17(21-13-22-18)20-5-2-6-24-7-9-26-10-8-24/h1,3-4,11-13H,2,5-10H2,(H,20,21,22). The number of nitrogens with one attached hydrogen (secondary N) is 1. The number of morpholine rings is 1. The number of benzene rings is 1. The van der Waals surface area contributed by atoms with E-state index in [-0.39, 0.29) is 0 Å². The van der Waals surface area contributed by atoms with Crippen LogP contribution in [0.25, 0.3) is 16.7 Å². The van der Waals surface area contributed by atoms with Gasteiger partial charge in [-0.05, 0) is 31.2 Å². The number of nitrogens with zero attached hydrogens (tertiary/aromatic N) is 5. The molecule has 1 aliphatic rings. The van der Waals surface area contributed by atoms with E-state index in [4.69, 9.17) is 16.3 Å². The number of aromatic nitrogens is 4. The Morgan fingerprint density at radius 1 is 1.19 bits per heavy atom. The molecule has 8 heteroatoms. The topological polar surface area (TPSA) is 68.1 Å². The average molecular weight is 373 g/mol. The van der Waals surface area contributed by atoms with Gasteiger partial charge in [0.1, 0.15) is 12.1 Å². The van der Waals surface area contributed by atoms with Crippen molar-refractivity contribution in [3.8, 4) is 5.69 Å². The highest BCUT2D eigenvalue weighted by Crippen LogP contribution is 2.22. The van der Waals surface area contributed by atoms with Crippen molar-refractivity contribution in [3.05, 3.63) is 41.8 Å². The molecule has 1 fully saturated rings. The molecule has 0 atom stereocenters. The van der Waals surface area contributed by atoms with Crippen LogP contribution in [-0.4, -0.2) is 64.0 Å². The van der Waals surface area contributed by atoms with E-state index < -0.39 is 0 Å². The summed E-state index contributed by atoms with van der Waals surface area (Å²) in [5.74, 6) is 0.810. The normalized spacial score (nSPS) is 15.4. The monoisotopic (exact) mass is 372 g/mol. The van der Waals surface area contributed by atoms with E-state index in [1.54, 1.807) is 17.2 Å². The summed E-state index contributed by atoms with van der Waals surface area (Å²) in [7, 11) is 0. The van der Waals surface area contributed by atoms with Crippen molar-refractivity contribution in [1.29, 1.82) is 0 Å². The fourth-order valence-electron chi connectivity index (χ4n) is 3.12. The SMILES string of the molecule is Clc1cccc(-n2ncc3c(NCCCN4CCOCC4)ncnc32)c1. The molecule has 136 valence electrons. The van der Waals surface area contributed by atoms with Crippen LogP contribution in [0.1, 0.15) is 6.42 Å². The van der Waals surface area contributed by atoms with Crippen LogP contribution in [0.15, 0.2) is 36.8 Å². The van der Waals surface area contributed by atoms with Crippen LogP contribution in [0.5, 0.6) is 0 Å². The van der Waals surface area contributed by atoms with Gasteiger partial charge < -0.3 is 10.1 Å². The maximum Gasteiger partial charge on any atom is 0.168 e. The third kappa shape index (κ3) is 3.80. The molecule has 3 heterocycles. The molecule has 4 rings (SSSR count). The minimum Gasteiger partial charge on any atom is -0.379 e. The Morgan fingerprint density at radius 3 is 2.92 bits per heavy atom. The molecule has 2 aromatic heterocycles. The third-order valence-electron chi connectivity index (χ3n) is 4.47. The van der Waals surface area contributed by atoms with Crippen LogP contribution in [-0.2, 0) is 4.74 Å². The van der Waals surface area contributed by atoms with Crippen LogP contribution in [0, 0.1) is 0 Å². The van der Waals surface area contributed by atoms with E-state index in [0.29, 0.717) is 5.02 Å². The second-order valence-corrected chi connectivity index (χ2v) is 6.67. The molecule has 0 radical (unpaired) electrons. The molecule has 1 N–H and O–H groups in total. The third-order valence-corrected chi connectivity index (χ3v) is 4.70.